The minimum atomic E-state index is -4.84. The summed E-state index contributed by atoms with van der Waals surface area (Å²) in [6.07, 6.45) is 0. The molecule has 0 saturated heterocycles. The lowest BCUT2D eigenvalue weighted by Gasteiger charge is -2.29. The molecule has 12 nitrogen and oxygen atoms in total. The molecule has 0 saturated carbocycles. The molecule has 0 radical (unpaired) electrons. The van der Waals surface area contributed by atoms with Gasteiger partial charge in [-0.2, -0.15) is 8.42 Å². The van der Waals surface area contributed by atoms with Gasteiger partial charge in [0.1, 0.15) is 24.7 Å². The minimum absolute atomic E-state index is 0.0814. The number of sulfonamides is 1. The topological polar surface area (TPSA) is 161 Å². The number of anilines is 1. The Morgan fingerprint density at radius 2 is 1.89 bits per heavy atom. The van der Waals surface area contributed by atoms with Crippen molar-refractivity contribution in [3.05, 3.63) is 60.3 Å². The maximum atomic E-state index is 13.1. The first-order valence-corrected chi connectivity index (χ1v) is 13.4. The van der Waals surface area contributed by atoms with Crippen LogP contribution in [0.15, 0.2) is 59.5 Å². The quantitative estimate of drug-likeness (QED) is 0.297. The highest BCUT2D eigenvalue weighted by atomic mass is 32.3. The van der Waals surface area contributed by atoms with Gasteiger partial charge in [-0.15, -0.1) is 0 Å². The fourth-order valence-electron chi connectivity index (χ4n) is 3.77. The number of methoxy groups -OCH3 is 1. The zero-order valence-corrected chi connectivity index (χ0v) is 20.8. The molecule has 0 aliphatic carbocycles. The van der Waals surface area contributed by atoms with Crippen molar-refractivity contribution in [2.45, 2.75) is 11.4 Å². The van der Waals surface area contributed by atoms with Gasteiger partial charge >= 0.3 is 22.1 Å². The summed E-state index contributed by atoms with van der Waals surface area (Å²) in [6.45, 7) is -1.94. The van der Waals surface area contributed by atoms with Crippen LogP contribution in [-0.4, -0.2) is 58.8 Å². The number of nitrogens with zero attached hydrogens (tertiary/aromatic N) is 2. The largest absolute Gasteiger partial charge is 0.497 e. The van der Waals surface area contributed by atoms with Gasteiger partial charge in [0.2, 0.25) is 0 Å². The van der Waals surface area contributed by atoms with Crippen LogP contribution in [0.3, 0.4) is 0 Å². The third kappa shape index (κ3) is 5.14. The van der Waals surface area contributed by atoms with E-state index in [1.54, 1.807) is 4.13 Å². The highest BCUT2D eigenvalue weighted by Crippen LogP contribution is 2.36. The number of hydrogen-bond acceptors (Lipinski definition) is 8. The molecule has 196 valence electrons. The average Bonchev–Trinajstić information content (AvgIpc) is 3.26. The van der Waals surface area contributed by atoms with Gasteiger partial charge in [-0.3, -0.25) is 0 Å². The molecule has 15 heteroatoms. The Labute approximate surface area is 211 Å². The van der Waals surface area contributed by atoms with Crippen molar-refractivity contribution in [2.24, 2.45) is 0 Å². The fourth-order valence-corrected chi connectivity index (χ4v) is 6.85. The van der Waals surface area contributed by atoms with Crippen LogP contribution >= 0.6 is 0 Å². The second kappa shape index (κ2) is 9.84. The molecule has 0 unspecified atom stereocenters. The summed E-state index contributed by atoms with van der Waals surface area (Å²) in [6, 6.07) is 11.7. The number of carbonyl (C=O) groups is 2. The highest BCUT2D eigenvalue weighted by Gasteiger charge is 2.36. The van der Waals surface area contributed by atoms with E-state index in [1.165, 1.54) is 54.1 Å². The summed E-state index contributed by atoms with van der Waals surface area (Å²) in [4.78, 5) is 23.0. The number of ether oxygens (including phenoxy) is 2. The van der Waals surface area contributed by atoms with Gasteiger partial charge in [-0.25, -0.2) is 26.7 Å². The van der Waals surface area contributed by atoms with E-state index in [-0.39, 0.29) is 40.7 Å². The Kier molecular flexibility index (Phi) is 6.94. The normalized spacial score (nSPS) is 13.7. The first-order chi connectivity index (χ1) is 17.5. The maximum Gasteiger partial charge on any atom is 0.352 e. The van der Waals surface area contributed by atoms with Crippen LogP contribution in [0.25, 0.3) is 11.3 Å². The second-order valence-corrected chi connectivity index (χ2v) is 11.2. The van der Waals surface area contributed by atoms with Gasteiger partial charge in [0.25, 0.3) is 10.0 Å². The molecule has 1 aliphatic heterocycles. The smallest absolute Gasteiger partial charge is 0.352 e. The summed E-state index contributed by atoms with van der Waals surface area (Å²) in [5.41, 5.74) is 0.146. The molecule has 1 aliphatic rings. The van der Waals surface area contributed by atoms with E-state index in [4.69, 9.17) is 9.47 Å². The Hall–Kier alpha value is -3.95. The van der Waals surface area contributed by atoms with Crippen molar-refractivity contribution < 1.29 is 45.4 Å². The predicted octanol–water partition coefficient (Wildman–Crippen LogP) is 1.78. The number of halogens is 1. The Morgan fingerprint density at radius 3 is 2.57 bits per heavy atom. The van der Waals surface area contributed by atoms with Gasteiger partial charge < -0.3 is 19.1 Å². The lowest BCUT2D eigenvalue weighted by Crippen LogP contribution is -2.48. The molecule has 0 atom stereocenters. The number of esters is 1. The molecule has 0 amide bonds. The van der Waals surface area contributed by atoms with Crippen molar-refractivity contribution in [2.75, 3.05) is 24.6 Å². The molecule has 2 aromatic carbocycles. The van der Waals surface area contributed by atoms with Crippen molar-refractivity contribution in [1.29, 1.82) is 0 Å². The molecule has 0 bridgehead atoms. The van der Waals surface area contributed by atoms with E-state index in [0.717, 1.165) is 12.1 Å². The van der Waals surface area contributed by atoms with Crippen LogP contribution in [0, 0.1) is 0 Å². The Bertz CT molecular complexity index is 1600. The zero-order valence-electron chi connectivity index (χ0n) is 19.1. The number of carbonyl (C=O) groups excluding carboxylic acids is 1. The van der Waals surface area contributed by atoms with Crippen molar-refractivity contribution in [3.63, 3.8) is 0 Å². The molecule has 0 spiro atoms. The summed E-state index contributed by atoms with van der Waals surface area (Å²) < 4.78 is 78.9. The monoisotopic (exact) mass is 553 g/mol. The van der Waals surface area contributed by atoms with E-state index in [9.17, 15) is 35.9 Å². The summed E-state index contributed by atoms with van der Waals surface area (Å²) in [7, 11) is -8.20. The van der Waals surface area contributed by atoms with Crippen LogP contribution in [0.1, 0.15) is 10.5 Å². The van der Waals surface area contributed by atoms with Gasteiger partial charge in [0.05, 0.1) is 24.2 Å². The molecule has 37 heavy (non-hydrogen) atoms. The van der Waals surface area contributed by atoms with Crippen LogP contribution < -0.4 is 17.9 Å². The zero-order chi connectivity index (χ0) is 27.0. The number of nitrogens with one attached hydrogen (secondary N) is 1. The highest BCUT2D eigenvalue weighted by molar-refractivity contribution is 8.05. The third-order valence-corrected chi connectivity index (χ3v) is 8.89. The van der Waals surface area contributed by atoms with Gasteiger partial charge in [-0.1, -0.05) is 16.3 Å². The molecular weight excluding hydrogens is 533 g/mol. The molecule has 1 aromatic heterocycles. The summed E-state index contributed by atoms with van der Waals surface area (Å²) >= 11 is 0. The Morgan fingerprint density at radius 1 is 1.14 bits per heavy atom. The van der Waals surface area contributed by atoms with E-state index in [1.807, 2.05) is 0 Å². The van der Waals surface area contributed by atoms with Gasteiger partial charge in [0, 0.05) is 11.8 Å². The van der Waals surface area contributed by atoms with E-state index < -0.39 is 50.3 Å². The van der Waals surface area contributed by atoms with E-state index in [2.05, 4.69) is 0 Å². The third-order valence-electron chi connectivity index (χ3n) is 5.39. The number of rotatable bonds is 9. The van der Waals surface area contributed by atoms with Crippen LogP contribution in [0.4, 0.5) is 10.1 Å². The summed E-state index contributed by atoms with van der Waals surface area (Å²) in [5.74, 6) is -2.09. The maximum absolute atomic E-state index is 13.1. The SMILES string of the molecule is COc1ccc2c(c1)OC(=O)CN2S(=O)(=O)NS(=O)(=O)c1cccc(-c2ccc(C(=O)O)n2CCF)c1. The lowest BCUT2D eigenvalue weighted by molar-refractivity contribution is -0.133. The van der Waals surface area contributed by atoms with Crippen molar-refractivity contribution in [3.8, 4) is 22.8 Å². The van der Waals surface area contributed by atoms with Crippen LogP contribution in [0.2, 0.25) is 0 Å². The van der Waals surface area contributed by atoms with Crippen LogP contribution in [0.5, 0.6) is 11.5 Å². The number of hydrogen-bond donors (Lipinski definition) is 2. The molecule has 3 aromatic rings. The number of carboxylic acid groups (broad SMARTS) is 1. The molecule has 2 heterocycles. The number of fused-ring (bicyclic) bond motifs is 1. The Balaban J connectivity index is 1.69. The van der Waals surface area contributed by atoms with Crippen molar-refractivity contribution in [1.82, 2.24) is 8.69 Å². The predicted molar refractivity (Wildman–Crippen MR) is 128 cm³/mol. The molecular formula is C22H20FN3O9S2. The number of benzene rings is 2. The first kappa shape index (κ1) is 26.1. The van der Waals surface area contributed by atoms with E-state index in [0.29, 0.717) is 4.31 Å². The van der Waals surface area contributed by atoms with Crippen LogP contribution in [-0.2, 0) is 31.6 Å². The number of aromatic nitrogens is 1. The minimum Gasteiger partial charge on any atom is -0.497 e. The fraction of sp³-hybridized carbons (Fsp3) is 0.182. The number of aromatic carboxylic acids is 1. The average molecular weight is 554 g/mol. The second-order valence-electron chi connectivity index (χ2n) is 7.68. The lowest BCUT2D eigenvalue weighted by atomic mass is 10.1. The van der Waals surface area contributed by atoms with Gasteiger partial charge in [-0.05, 0) is 42.0 Å². The molecule has 2 N–H and O–H groups in total. The first-order valence-electron chi connectivity index (χ1n) is 10.5. The van der Waals surface area contributed by atoms with E-state index >= 15 is 0 Å². The standard InChI is InChI=1S/C22H20FN3O9S2/c1-34-15-5-6-18-20(12-15)35-21(27)13-26(18)37(32,33)24-36(30,31)16-4-2-3-14(11-16)17-7-8-19(22(28)29)25(17)10-9-23/h2-8,11-12,24H,9-10,13H2,1H3,(H,28,29). The van der Waals surface area contributed by atoms with Gasteiger partial charge in [0.15, 0.2) is 5.75 Å². The number of alkyl halides is 1. The van der Waals surface area contributed by atoms with Crippen molar-refractivity contribution >= 4 is 37.9 Å². The molecule has 4 rings (SSSR count). The number of carboxylic acids is 1. The molecule has 0 fully saturated rings. The summed E-state index contributed by atoms with van der Waals surface area (Å²) in [5, 5.41) is 9.35.